The summed E-state index contributed by atoms with van der Waals surface area (Å²) in [5.74, 6) is 1.83. The second-order valence-electron chi connectivity index (χ2n) is 6.30. The Bertz CT molecular complexity index is 733. The van der Waals surface area contributed by atoms with Crippen LogP contribution in [0.3, 0.4) is 0 Å². The summed E-state index contributed by atoms with van der Waals surface area (Å²) >= 11 is 0. The van der Waals surface area contributed by atoms with Gasteiger partial charge in [0, 0.05) is 11.3 Å². The first kappa shape index (κ1) is 21.4. The van der Waals surface area contributed by atoms with Crippen LogP contribution in [0, 0.1) is 0 Å². The number of hydrogen-bond donors (Lipinski definition) is 1. The molecule has 0 radical (unpaired) electrons. The number of carbonyl (C=O) groups is 1. The summed E-state index contributed by atoms with van der Waals surface area (Å²) in [4.78, 5) is 12.6. The molecule has 1 amide bonds. The van der Waals surface area contributed by atoms with Crippen molar-refractivity contribution in [3.63, 3.8) is 0 Å². The molecule has 0 spiro atoms. The van der Waals surface area contributed by atoms with E-state index >= 15 is 0 Å². The fourth-order valence-corrected chi connectivity index (χ4v) is 2.77. The number of anilines is 1. The van der Waals surface area contributed by atoms with Crippen molar-refractivity contribution >= 4 is 11.6 Å². The topological polar surface area (TPSA) is 66.0 Å². The van der Waals surface area contributed by atoms with Crippen molar-refractivity contribution in [2.24, 2.45) is 0 Å². The molecule has 0 atom stereocenters. The average Bonchev–Trinajstić information content (AvgIpc) is 2.73. The van der Waals surface area contributed by atoms with Crippen LogP contribution in [0.15, 0.2) is 36.4 Å². The molecule has 0 saturated carbocycles. The Morgan fingerprint density at radius 1 is 0.893 bits per heavy atom. The van der Waals surface area contributed by atoms with Gasteiger partial charge in [0.15, 0.2) is 11.5 Å². The molecular weight excluding hydrogens is 358 g/mol. The minimum atomic E-state index is -0.271. The molecule has 2 rings (SSSR count). The molecule has 2 aromatic carbocycles. The highest BCUT2D eigenvalue weighted by Gasteiger charge is 2.17. The number of benzene rings is 2. The molecule has 1 N–H and O–H groups in total. The second-order valence-corrected chi connectivity index (χ2v) is 6.30. The van der Waals surface area contributed by atoms with E-state index in [2.05, 4.69) is 12.2 Å². The number of hydrogen-bond acceptors (Lipinski definition) is 5. The van der Waals surface area contributed by atoms with E-state index in [1.807, 2.05) is 24.3 Å². The van der Waals surface area contributed by atoms with Gasteiger partial charge in [-0.1, -0.05) is 26.2 Å². The standard InChI is InChI=1S/C22H29NO5/c1-5-6-7-8-13-28-18-11-9-17(10-12-18)23-22(24)16-14-19(25-2)21(27-4)20(15-16)26-3/h9-12,14-15H,5-8,13H2,1-4H3,(H,23,24). The minimum absolute atomic E-state index is 0.271. The van der Waals surface area contributed by atoms with Gasteiger partial charge in [-0.15, -0.1) is 0 Å². The van der Waals surface area contributed by atoms with Gasteiger partial charge in [0.2, 0.25) is 5.75 Å². The molecule has 2 aromatic rings. The summed E-state index contributed by atoms with van der Waals surface area (Å²) in [5, 5.41) is 2.86. The first-order valence-corrected chi connectivity index (χ1v) is 9.47. The van der Waals surface area contributed by atoms with Gasteiger partial charge in [-0.2, -0.15) is 0 Å². The molecule has 28 heavy (non-hydrogen) atoms. The van der Waals surface area contributed by atoms with Crippen LogP contribution in [0.25, 0.3) is 0 Å². The fourth-order valence-electron chi connectivity index (χ4n) is 2.77. The van der Waals surface area contributed by atoms with E-state index in [4.69, 9.17) is 18.9 Å². The van der Waals surface area contributed by atoms with Crippen LogP contribution in [-0.4, -0.2) is 33.8 Å². The number of nitrogens with one attached hydrogen (secondary N) is 1. The first-order chi connectivity index (χ1) is 13.6. The van der Waals surface area contributed by atoms with Crippen molar-refractivity contribution in [1.82, 2.24) is 0 Å². The molecule has 0 aliphatic carbocycles. The van der Waals surface area contributed by atoms with E-state index in [0.29, 0.717) is 35.1 Å². The predicted molar refractivity (Wildman–Crippen MR) is 110 cm³/mol. The average molecular weight is 387 g/mol. The monoisotopic (exact) mass is 387 g/mol. The molecule has 152 valence electrons. The number of unbranched alkanes of at least 4 members (excludes halogenated alkanes) is 3. The van der Waals surface area contributed by atoms with E-state index in [0.717, 1.165) is 12.2 Å². The predicted octanol–water partition coefficient (Wildman–Crippen LogP) is 4.92. The third-order valence-corrected chi connectivity index (χ3v) is 4.31. The second kappa shape index (κ2) is 11.1. The van der Waals surface area contributed by atoms with Crippen LogP contribution in [-0.2, 0) is 0 Å². The molecule has 0 saturated heterocycles. The molecule has 0 heterocycles. The number of ether oxygens (including phenoxy) is 4. The van der Waals surface area contributed by atoms with E-state index < -0.39 is 0 Å². The third kappa shape index (κ3) is 5.81. The lowest BCUT2D eigenvalue weighted by atomic mass is 10.1. The summed E-state index contributed by atoms with van der Waals surface area (Å²) in [5.41, 5.74) is 1.09. The molecular formula is C22H29NO5. The summed E-state index contributed by atoms with van der Waals surface area (Å²) in [6, 6.07) is 10.6. The highest BCUT2D eigenvalue weighted by molar-refractivity contribution is 6.05. The Morgan fingerprint density at radius 2 is 1.54 bits per heavy atom. The number of amides is 1. The highest BCUT2D eigenvalue weighted by Crippen LogP contribution is 2.38. The number of carbonyl (C=O) groups excluding carboxylic acids is 1. The van der Waals surface area contributed by atoms with Crippen LogP contribution >= 0.6 is 0 Å². The summed E-state index contributed by atoms with van der Waals surface area (Å²) < 4.78 is 21.6. The van der Waals surface area contributed by atoms with Crippen molar-refractivity contribution < 1.29 is 23.7 Å². The maximum Gasteiger partial charge on any atom is 0.255 e. The van der Waals surface area contributed by atoms with Crippen LogP contribution in [0.2, 0.25) is 0 Å². The van der Waals surface area contributed by atoms with Crippen molar-refractivity contribution in [2.45, 2.75) is 32.6 Å². The van der Waals surface area contributed by atoms with Gasteiger partial charge in [-0.3, -0.25) is 4.79 Å². The highest BCUT2D eigenvalue weighted by atomic mass is 16.5. The zero-order chi connectivity index (χ0) is 20.4. The Labute approximate surface area is 166 Å². The first-order valence-electron chi connectivity index (χ1n) is 9.47. The molecule has 0 unspecified atom stereocenters. The van der Waals surface area contributed by atoms with Crippen molar-refractivity contribution in [3.8, 4) is 23.0 Å². The van der Waals surface area contributed by atoms with Gasteiger partial charge >= 0.3 is 0 Å². The lowest BCUT2D eigenvalue weighted by molar-refractivity contribution is 0.102. The maximum absolute atomic E-state index is 12.6. The minimum Gasteiger partial charge on any atom is -0.494 e. The Hall–Kier alpha value is -2.89. The fraction of sp³-hybridized carbons (Fsp3) is 0.409. The molecule has 0 aromatic heterocycles. The van der Waals surface area contributed by atoms with E-state index in [1.165, 1.54) is 40.6 Å². The third-order valence-electron chi connectivity index (χ3n) is 4.31. The van der Waals surface area contributed by atoms with Crippen molar-refractivity contribution in [2.75, 3.05) is 33.3 Å². The van der Waals surface area contributed by atoms with Crippen LogP contribution in [0.1, 0.15) is 43.0 Å². The van der Waals surface area contributed by atoms with Gasteiger partial charge in [0.25, 0.3) is 5.91 Å². The molecule has 0 bridgehead atoms. The van der Waals surface area contributed by atoms with Crippen molar-refractivity contribution in [3.05, 3.63) is 42.0 Å². The quantitative estimate of drug-likeness (QED) is 0.554. The van der Waals surface area contributed by atoms with Gasteiger partial charge in [-0.25, -0.2) is 0 Å². The smallest absolute Gasteiger partial charge is 0.255 e. The molecule has 6 nitrogen and oxygen atoms in total. The van der Waals surface area contributed by atoms with E-state index in [1.54, 1.807) is 12.1 Å². The summed E-state index contributed by atoms with van der Waals surface area (Å²) in [6.07, 6.45) is 4.67. The zero-order valence-electron chi connectivity index (χ0n) is 17.0. The number of methoxy groups -OCH3 is 3. The lowest BCUT2D eigenvalue weighted by Crippen LogP contribution is -2.12. The zero-order valence-corrected chi connectivity index (χ0v) is 17.0. The van der Waals surface area contributed by atoms with Gasteiger partial charge < -0.3 is 24.3 Å². The summed E-state index contributed by atoms with van der Waals surface area (Å²) in [7, 11) is 4.55. The van der Waals surface area contributed by atoms with Gasteiger partial charge in [-0.05, 0) is 42.8 Å². The Morgan fingerprint density at radius 3 is 2.07 bits per heavy atom. The van der Waals surface area contributed by atoms with Crippen LogP contribution in [0.4, 0.5) is 5.69 Å². The molecule has 0 fully saturated rings. The largest absolute Gasteiger partial charge is 0.494 e. The SMILES string of the molecule is CCCCCCOc1ccc(NC(=O)c2cc(OC)c(OC)c(OC)c2)cc1. The van der Waals surface area contributed by atoms with Crippen LogP contribution < -0.4 is 24.3 Å². The maximum atomic E-state index is 12.6. The lowest BCUT2D eigenvalue weighted by Gasteiger charge is -2.14. The normalized spacial score (nSPS) is 10.3. The number of rotatable bonds is 11. The van der Waals surface area contributed by atoms with E-state index in [9.17, 15) is 4.79 Å². The van der Waals surface area contributed by atoms with Gasteiger partial charge in [0.05, 0.1) is 27.9 Å². The van der Waals surface area contributed by atoms with Crippen molar-refractivity contribution in [1.29, 1.82) is 0 Å². The van der Waals surface area contributed by atoms with E-state index in [-0.39, 0.29) is 5.91 Å². The molecule has 0 aliphatic heterocycles. The van der Waals surface area contributed by atoms with Gasteiger partial charge in [0.1, 0.15) is 5.75 Å². The van der Waals surface area contributed by atoms with Crippen LogP contribution in [0.5, 0.6) is 23.0 Å². The Kier molecular flexibility index (Phi) is 8.46. The Balaban J connectivity index is 2.01. The summed E-state index contributed by atoms with van der Waals surface area (Å²) in [6.45, 7) is 2.89. The molecule has 6 heteroatoms. The molecule has 0 aliphatic rings.